The molecule has 11 heteroatoms. The van der Waals surface area contributed by atoms with Gasteiger partial charge in [-0.3, -0.25) is 14.3 Å². The van der Waals surface area contributed by atoms with Gasteiger partial charge < -0.3 is 14.2 Å². The molecule has 0 aliphatic rings. The van der Waals surface area contributed by atoms with Crippen LogP contribution in [0.3, 0.4) is 0 Å². The summed E-state index contributed by atoms with van der Waals surface area (Å²) in [5.41, 5.74) is -1.21. The van der Waals surface area contributed by atoms with Crippen LogP contribution in [0.4, 0.5) is 0 Å². The first-order chi connectivity index (χ1) is 12.2. The van der Waals surface area contributed by atoms with Gasteiger partial charge in [0.1, 0.15) is 6.10 Å². The summed E-state index contributed by atoms with van der Waals surface area (Å²) in [5, 5.41) is 0.959. The van der Waals surface area contributed by atoms with E-state index in [0.717, 1.165) is 9.98 Å². The van der Waals surface area contributed by atoms with Gasteiger partial charge in [-0.2, -0.15) is 0 Å². The molecule has 1 aromatic heterocycles. The molecule has 0 saturated carbocycles. The smallest absolute Gasteiger partial charge is 0.330 e. The minimum atomic E-state index is -3.59. The summed E-state index contributed by atoms with van der Waals surface area (Å²) in [6, 6.07) is 1.17. The van der Waals surface area contributed by atoms with Crippen LogP contribution in [-0.2, 0) is 24.2 Å². The van der Waals surface area contributed by atoms with Gasteiger partial charge in [0.2, 0.25) is 10.0 Å². The lowest BCUT2D eigenvalue weighted by molar-refractivity contribution is -0.102. The van der Waals surface area contributed by atoms with Gasteiger partial charge in [-0.25, -0.2) is 17.9 Å². The van der Waals surface area contributed by atoms with Gasteiger partial charge >= 0.3 is 5.69 Å². The van der Waals surface area contributed by atoms with Crippen molar-refractivity contribution in [3.05, 3.63) is 44.6 Å². The monoisotopic (exact) mass is 391 g/mol. The molecular weight excluding hydrogens is 366 g/mol. The van der Waals surface area contributed by atoms with Crippen molar-refractivity contribution in [3.63, 3.8) is 0 Å². The molecule has 148 valence electrons. The SMILES string of the molecule is CNS(=O)(=O)/C=C/[C@H](COC(C)C)O[C@H](COC)n1ccc(=O)[nH]c1=O. The van der Waals surface area contributed by atoms with Crippen molar-refractivity contribution in [1.82, 2.24) is 14.3 Å². The Hall–Kier alpha value is -1.79. The van der Waals surface area contributed by atoms with Crippen LogP contribution in [0.5, 0.6) is 0 Å². The normalized spacial score (nSPS) is 14.8. The van der Waals surface area contributed by atoms with E-state index in [4.69, 9.17) is 14.2 Å². The molecule has 0 bridgehead atoms. The molecule has 0 spiro atoms. The number of H-pyrrole nitrogens is 1. The Morgan fingerprint density at radius 1 is 1.31 bits per heavy atom. The summed E-state index contributed by atoms with van der Waals surface area (Å²) in [6.07, 6.45) is 0.811. The molecule has 0 saturated heterocycles. The third kappa shape index (κ3) is 7.62. The number of sulfonamides is 1. The van der Waals surface area contributed by atoms with E-state index in [1.54, 1.807) is 0 Å². The molecule has 1 aromatic rings. The number of nitrogens with zero attached hydrogens (tertiary/aromatic N) is 1. The van der Waals surface area contributed by atoms with E-state index in [-0.39, 0.29) is 19.3 Å². The molecule has 0 radical (unpaired) electrons. The van der Waals surface area contributed by atoms with E-state index in [9.17, 15) is 18.0 Å². The number of ether oxygens (including phenoxy) is 3. The maximum atomic E-state index is 12.0. The average molecular weight is 391 g/mol. The number of aromatic nitrogens is 2. The zero-order valence-corrected chi connectivity index (χ0v) is 16.0. The number of methoxy groups -OCH3 is 1. The summed E-state index contributed by atoms with van der Waals surface area (Å²) in [6.45, 7) is 3.71. The van der Waals surface area contributed by atoms with Crippen molar-refractivity contribution in [1.29, 1.82) is 0 Å². The Morgan fingerprint density at radius 2 is 2.00 bits per heavy atom. The Bertz CT molecular complexity index is 798. The highest BCUT2D eigenvalue weighted by Crippen LogP contribution is 2.12. The highest BCUT2D eigenvalue weighted by atomic mass is 32.2. The Morgan fingerprint density at radius 3 is 2.54 bits per heavy atom. The predicted molar refractivity (Wildman–Crippen MR) is 95.3 cm³/mol. The molecule has 2 N–H and O–H groups in total. The fraction of sp³-hybridized carbons (Fsp3) is 0.600. The topological polar surface area (TPSA) is 129 Å². The van der Waals surface area contributed by atoms with E-state index in [0.29, 0.717) is 0 Å². The van der Waals surface area contributed by atoms with Gasteiger partial charge in [0.05, 0.1) is 19.3 Å². The van der Waals surface area contributed by atoms with Crippen molar-refractivity contribution in [2.75, 3.05) is 27.4 Å². The van der Waals surface area contributed by atoms with Crippen LogP contribution in [0.15, 0.2) is 33.3 Å². The summed E-state index contributed by atoms with van der Waals surface area (Å²) in [5.74, 6) is 0. The third-order valence-corrected chi connectivity index (χ3v) is 4.24. The van der Waals surface area contributed by atoms with E-state index >= 15 is 0 Å². The first-order valence-electron chi connectivity index (χ1n) is 7.87. The van der Waals surface area contributed by atoms with Crippen molar-refractivity contribution >= 4 is 10.0 Å². The molecule has 10 nitrogen and oxygen atoms in total. The lowest BCUT2D eigenvalue weighted by Gasteiger charge is -2.24. The highest BCUT2D eigenvalue weighted by Gasteiger charge is 2.19. The molecule has 0 aromatic carbocycles. The third-order valence-electron chi connectivity index (χ3n) is 3.15. The molecule has 0 unspecified atom stereocenters. The maximum absolute atomic E-state index is 12.0. The van der Waals surface area contributed by atoms with E-state index < -0.39 is 33.6 Å². The van der Waals surface area contributed by atoms with Crippen LogP contribution >= 0.6 is 0 Å². The number of hydrogen-bond donors (Lipinski definition) is 2. The molecule has 0 fully saturated rings. The van der Waals surface area contributed by atoms with Crippen LogP contribution in [0.1, 0.15) is 20.1 Å². The Kier molecular flexibility index (Phi) is 8.88. The second-order valence-corrected chi connectivity index (χ2v) is 7.33. The lowest BCUT2D eigenvalue weighted by Crippen LogP contribution is -2.36. The zero-order valence-electron chi connectivity index (χ0n) is 15.2. The second-order valence-electron chi connectivity index (χ2n) is 5.56. The van der Waals surface area contributed by atoms with Gasteiger partial charge in [0.25, 0.3) is 5.56 Å². The summed E-state index contributed by atoms with van der Waals surface area (Å²) in [7, 11) is -0.883. The fourth-order valence-electron chi connectivity index (χ4n) is 1.87. The maximum Gasteiger partial charge on any atom is 0.330 e. The van der Waals surface area contributed by atoms with Gasteiger partial charge in [0.15, 0.2) is 6.23 Å². The molecule has 2 atom stereocenters. The Labute approximate surface area is 151 Å². The van der Waals surface area contributed by atoms with Gasteiger partial charge in [0, 0.05) is 24.8 Å². The number of aromatic amines is 1. The van der Waals surface area contributed by atoms with Crippen LogP contribution < -0.4 is 16.0 Å². The molecule has 1 heterocycles. The second kappa shape index (κ2) is 10.4. The van der Waals surface area contributed by atoms with Crippen LogP contribution in [0, 0.1) is 0 Å². The zero-order chi connectivity index (χ0) is 19.7. The summed E-state index contributed by atoms with van der Waals surface area (Å²) >= 11 is 0. The molecule has 0 aliphatic carbocycles. The molecule has 0 amide bonds. The molecule has 1 rings (SSSR count). The standard InChI is InChI=1S/C15H25N3O7S/c1-11(2)24-9-12(6-8-26(21,22)16-3)25-14(10-23-4)18-7-5-13(19)17-15(18)20/h5-8,11-12,14,16H,9-10H2,1-4H3,(H,17,19,20)/b8-6+/t12-,14-/m1/s1. The first-order valence-corrected chi connectivity index (χ1v) is 9.42. The number of hydrogen-bond acceptors (Lipinski definition) is 7. The molecular formula is C15H25N3O7S. The first kappa shape index (κ1) is 22.3. The van der Waals surface area contributed by atoms with Crippen molar-refractivity contribution < 1.29 is 22.6 Å². The van der Waals surface area contributed by atoms with Crippen LogP contribution in [0.2, 0.25) is 0 Å². The van der Waals surface area contributed by atoms with E-state index in [1.165, 1.54) is 32.5 Å². The van der Waals surface area contributed by atoms with E-state index in [1.807, 2.05) is 13.8 Å². The highest BCUT2D eigenvalue weighted by molar-refractivity contribution is 7.92. The largest absolute Gasteiger partial charge is 0.380 e. The quantitative estimate of drug-likeness (QED) is 0.523. The van der Waals surface area contributed by atoms with E-state index in [2.05, 4.69) is 9.71 Å². The van der Waals surface area contributed by atoms with Crippen molar-refractivity contribution in [3.8, 4) is 0 Å². The predicted octanol–water partition coefficient (Wildman–Crippen LogP) is -0.445. The van der Waals surface area contributed by atoms with Gasteiger partial charge in [-0.15, -0.1) is 0 Å². The number of nitrogens with one attached hydrogen (secondary N) is 2. The van der Waals surface area contributed by atoms with Gasteiger partial charge in [-0.1, -0.05) is 0 Å². The molecule has 26 heavy (non-hydrogen) atoms. The van der Waals surface area contributed by atoms with Gasteiger partial charge in [-0.05, 0) is 27.0 Å². The minimum Gasteiger partial charge on any atom is -0.380 e. The lowest BCUT2D eigenvalue weighted by atomic mass is 10.3. The summed E-state index contributed by atoms with van der Waals surface area (Å²) in [4.78, 5) is 25.3. The minimum absolute atomic E-state index is 0.00323. The Balaban J connectivity index is 3.09. The van der Waals surface area contributed by atoms with Crippen LogP contribution in [0.25, 0.3) is 0 Å². The van der Waals surface area contributed by atoms with Crippen LogP contribution in [-0.4, -0.2) is 57.5 Å². The summed E-state index contributed by atoms with van der Waals surface area (Å²) < 4.78 is 42.9. The molecule has 0 aliphatic heterocycles. The van der Waals surface area contributed by atoms with Crippen molar-refractivity contribution in [2.24, 2.45) is 0 Å². The fourth-order valence-corrected chi connectivity index (χ4v) is 2.39. The van der Waals surface area contributed by atoms with Crippen molar-refractivity contribution in [2.45, 2.75) is 32.3 Å². The number of rotatable bonds is 11. The average Bonchev–Trinajstić information content (AvgIpc) is 2.56.